The minimum atomic E-state index is 0. The number of rotatable bonds is 0. The Balaban J connectivity index is 0.000000437. The Kier molecular flexibility index (Phi) is 8.96. The number of allylic oxidation sites excluding steroid dienone is 4. The average molecular weight is 360 g/mol. The second-order valence-corrected chi connectivity index (χ2v) is 4.40. The summed E-state index contributed by atoms with van der Waals surface area (Å²) in [7, 11) is 0. The van der Waals surface area contributed by atoms with Crippen molar-refractivity contribution in [3.8, 4) is 11.1 Å². The van der Waals surface area contributed by atoms with Crippen molar-refractivity contribution in [3.05, 3.63) is 84.0 Å². The molecule has 0 aliphatic heterocycles. The fourth-order valence-electron chi connectivity index (χ4n) is 2.34. The number of hydrogen-bond donors (Lipinski definition) is 0. The van der Waals surface area contributed by atoms with E-state index >= 15 is 0 Å². The molecule has 0 nitrogen and oxygen atoms in total. The fourth-order valence-corrected chi connectivity index (χ4v) is 2.34. The van der Waals surface area contributed by atoms with Gasteiger partial charge < -0.3 is 9.41 Å². The molecule has 104 valence electrons. The zero-order valence-corrected chi connectivity index (χ0v) is 13.9. The molecule has 0 saturated heterocycles. The topological polar surface area (TPSA) is 0 Å². The summed E-state index contributed by atoms with van der Waals surface area (Å²) in [6, 6.07) is 18.1. The van der Waals surface area contributed by atoms with Crippen molar-refractivity contribution in [1.82, 2.24) is 0 Å². The molecule has 3 heteroatoms. The van der Waals surface area contributed by atoms with Gasteiger partial charge in [0.25, 0.3) is 0 Å². The molecule has 2 aromatic rings. The van der Waals surface area contributed by atoms with E-state index < -0.39 is 0 Å². The van der Waals surface area contributed by atoms with Crippen LogP contribution in [0.5, 0.6) is 0 Å². The van der Waals surface area contributed by atoms with Gasteiger partial charge in [0.15, 0.2) is 0 Å². The summed E-state index contributed by atoms with van der Waals surface area (Å²) in [5.41, 5.74) is 5.51. The standard InChI is InChI=1S/C13H9.C5H5.2FH.Zr/c1-3-7-12-10(5-1)9-11-6-2-4-8-13(11)12;1-2-4-5-3-1;;;/h1-5,7-8H,9H2;1-3H,4H2;2*1H;/q2*-1;;;+4/p-2. The molecule has 0 heterocycles. The molecule has 0 radical (unpaired) electrons. The van der Waals surface area contributed by atoms with Crippen molar-refractivity contribution in [2.45, 2.75) is 12.8 Å². The summed E-state index contributed by atoms with van der Waals surface area (Å²) < 4.78 is 0. The number of halogens is 2. The third kappa shape index (κ3) is 4.57. The molecule has 0 unspecified atom stereocenters. The van der Waals surface area contributed by atoms with Crippen molar-refractivity contribution < 1.29 is 35.6 Å². The van der Waals surface area contributed by atoms with Crippen LogP contribution in [0.1, 0.15) is 17.5 Å². The van der Waals surface area contributed by atoms with E-state index in [1.165, 1.54) is 22.3 Å². The van der Waals surface area contributed by atoms with Crippen LogP contribution in [0, 0.1) is 12.1 Å². The molecule has 21 heavy (non-hydrogen) atoms. The van der Waals surface area contributed by atoms with E-state index in [1.807, 2.05) is 18.2 Å². The average Bonchev–Trinajstić information content (AvgIpc) is 3.10. The first kappa shape index (κ1) is 19.7. The van der Waals surface area contributed by atoms with Gasteiger partial charge in [-0.2, -0.15) is 35.9 Å². The number of hydrogen-bond acceptors (Lipinski definition) is 0. The minimum absolute atomic E-state index is 0. The van der Waals surface area contributed by atoms with Gasteiger partial charge in [-0.25, -0.2) is 12.2 Å². The van der Waals surface area contributed by atoms with Gasteiger partial charge in [-0.05, 0) is 6.42 Å². The van der Waals surface area contributed by atoms with Gasteiger partial charge in [0, 0.05) is 0 Å². The maximum Gasteiger partial charge on any atom is 4.00 e. The Morgan fingerprint density at radius 2 is 1.67 bits per heavy atom. The Bertz CT molecular complexity index is 565. The van der Waals surface area contributed by atoms with Crippen molar-refractivity contribution >= 4 is 0 Å². The molecule has 0 bridgehead atoms. The number of fused-ring (bicyclic) bond motifs is 3. The third-order valence-corrected chi connectivity index (χ3v) is 3.20. The maximum atomic E-state index is 3.30. The molecule has 4 rings (SSSR count). The molecule has 2 aliphatic rings. The third-order valence-electron chi connectivity index (χ3n) is 3.20. The second kappa shape index (κ2) is 9.57. The number of benzene rings is 2. The van der Waals surface area contributed by atoms with Crippen molar-refractivity contribution in [2.24, 2.45) is 0 Å². The van der Waals surface area contributed by atoms with Crippen LogP contribution in [0.15, 0.2) is 60.7 Å². The molecule has 2 aliphatic carbocycles. The molecule has 0 aromatic heterocycles. The quantitative estimate of drug-likeness (QED) is 0.423. The van der Waals surface area contributed by atoms with Gasteiger partial charge in [-0.15, -0.1) is 12.0 Å². The molecular formula is C18H14F2Zr. The Morgan fingerprint density at radius 3 is 2.33 bits per heavy atom. The van der Waals surface area contributed by atoms with E-state index in [0.29, 0.717) is 0 Å². The Hall–Kier alpha value is -1.34. The molecule has 0 atom stereocenters. The van der Waals surface area contributed by atoms with Crippen LogP contribution in [0.4, 0.5) is 0 Å². The summed E-state index contributed by atoms with van der Waals surface area (Å²) in [6.45, 7) is 0. The predicted molar refractivity (Wildman–Crippen MR) is 75.1 cm³/mol. The van der Waals surface area contributed by atoms with Crippen LogP contribution in [-0.2, 0) is 32.6 Å². The molecular weight excluding hydrogens is 345 g/mol. The Labute approximate surface area is 143 Å². The molecule has 0 fully saturated rings. The fraction of sp³-hybridized carbons (Fsp3) is 0.111. The van der Waals surface area contributed by atoms with Gasteiger partial charge in [-0.3, -0.25) is 6.08 Å². The summed E-state index contributed by atoms with van der Waals surface area (Å²) in [6.07, 6.45) is 11.0. The van der Waals surface area contributed by atoms with Gasteiger partial charge in [0.05, 0.1) is 0 Å². The molecule has 2 aromatic carbocycles. The second-order valence-electron chi connectivity index (χ2n) is 4.40. The van der Waals surface area contributed by atoms with Crippen LogP contribution >= 0.6 is 0 Å². The van der Waals surface area contributed by atoms with Crippen LogP contribution in [-0.4, -0.2) is 0 Å². The summed E-state index contributed by atoms with van der Waals surface area (Å²) in [5.74, 6) is 0. The van der Waals surface area contributed by atoms with Gasteiger partial charge in [0.2, 0.25) is 0 Å². The first-order valence-corrected chi connectivity index (χ1v) is 6.25. The van der Waals surface area contributed by atoms with Crippen LogP contribution in [0.25, 0.3) is 11.1 Å². The van der Waals surface area contributed by atoms with E-state index in [2.05, 4.69) is 54.6 Å². The van der Waals surface area contributed by atoms with Crippen molar-refractivity contribution in [2.75, 3.05) is 0 Å². The Morgan fingerprint density at radius 1 is 0.905 bits per heavy atom. The smallest absolute Gasteiger partial charge is 1.00 e. The van der Waals surface area contributed by atoms with E-state index in [9.17, 15) is 0 Å². The SMILES string of the molecule is [C-]1=CC=CC1.[F-].[F-].[Zr+4].[c-]1cccc2c1Cc1ccccc1-2. The van der Waals surface area contributed by atoms with E-state index in [4.69, 9.17) is 0 Å². The molecule has 0 spiro atoms. The predicted octanol–water partition coefficient (Wildman–Crippen LogP) is -1.63. The van der Waals surface area contributed by atoms with Crippen LogP contribution < -0.4 is 9.41 Å². The van der Waals surface area contributed by atoms with Gasteiger partial charge in [-0.1, -0.05) is 35.4 Å². The zero-order chi connectivity index (χ0) is 12.2. The van der Waals surface area contributed by atoms with E-state index in [0.717, 1.165) is 12.8 Å². The summed E-state index contributed by atoms with van der Waals surface area (Å²) >= 11 is 0. The van der Waals surface area contributed by atoms with E-state index in [-0.39, 0.29) is 35.6 Å². The van der Waals surface area contributed by atoms with Gasteiger partial charge >= 0.3 is 26.2 Å². The largest absolute Gasteiger partial charge is 4.00 e. The molecule has 0 amide bonds. The van der Waals surface area contributed by atoms with Gasteiger partial charge in [0.1, 0.15) is 0 Å². The first-order valence-electron chi connectivity index (χ1n) is 6.25. The summed E-state index contributed by atoms with van der Waals surface area (Å²) in [5, 5.41) is 0. The van der Waals surface area contributed by atoms with Crippen LogP contribution in [0.3, 0.4) is 0 Å². The first-order chi connectivity index (χ1) is 8.95. The molecule has 0 saturated carbocycles. The van der Waals surface area contributed by atoms with E-state index in [1.54, 1.807) is 0 Å². The maximum absolute atomic E-state index is 3.30. The monoisotopic (exact) mass is 358 g/mol. The summed E-state index contributed by atoms with van der Waals surface area (Å²) in [4.78, 5) is 0. The zero-order valence-electron chi connectivity index (χ0n) is 11.4. The van der Waals surface area contributed by atoms with Crippen molar-refractivity contribution in [3.63, 3.8) is 0 Å². The van der Waals surface area contributed by atoms with Crippen molar-refractivity contribution in [1.29, 1.82) is 0 Å². The van der Waals surface area contributed by atoms with Crippen LogP contribution in [0.2, 0.25) is 0 Å². The minimum Gasteiger partial charge on any atom is -1.00 e. The molecule has 0 N–H and O–H groups in total. The normalized spacial score (nSPS) is 11.8.